The van der Waals surface area contributed by atoms with Crippen molar-refractivity contribution in [3.05, 3.63) is 34.1 Å². The molecule has 3 aromatic heterocycles. The average Bonchev–Trinajstić information content (AvgIpc) is 3.47. The van der Waals surface area contributed by atoms with E-state index in [1.54, 1.807) is 17.6 Å². The second-order valence-corrected chi connectivity index (χ2v) is 11.2. The maximum atomic E-state index is 12.7. The molecule has 1 unspecified atom stereocenters. The summed E-state index contributed by atoms with van der Waals surface area (Å²) in [7, 11) is 1.87. The lowest BCUT2D eigenvalue weighted by atomic mass is 9.69. The molecular formula is C24H29N5O2S2. The molecule has 1 atom stereocenters. The second-order valence-electron chi connectivity index (χ2n) is 9.19. The first-order valence-electron chi connectivity index (χ1n) is 11.2. The summed E-state index contributed by atoms with van der Waals surface area (Å²) in [6.07, 6.45) is 5.73. The number of nitrogens with one attached hydrogen (secondary N) is 1. The first kappa shape index (κ1) is 23.6. The summed E-state index contributed by atoms with van der Waals surface area (Å²) < 4.78 is 7.22. The summed E-state index contributed by atoms with van der Waals surface area (Å²) in [6, 6.07) is 4.19. The minimum atomic E-state index is -0.149. The average molecular weight is 484 g/mol. The molecule has 0 fully saturated rings. The second kappa shape index (κ2) is 9.35. The molecule has 1 amide bonds. The topological polar surface area (TPSA) is 96.7 Å². The van der Waals surface area contributed by atoms with Crippen LogP contribution < -0.4 is 5.32 Å². The third-order valence-electron chi connectivity index (χ3n) is 6.91. The zero-order valence-electron chi connectivity index (χ0n) is 19.7. The molecule has 0 spiro atoms. The molecule has 3 heterocycles. The van der Waals surface area contributed by atoms with E-state index in [1.165, 1.54) is 16.6 Å². The van der Waals surface area contributed by atoms with E-state index in [-0.39, 0.29) is 17.1 Å². The molecule has 1 aliphatic rings. The van der Waals surface area contributed by atoms with Gasteiger partial charge in [-0.3, -0.25) is 4.79 Å². The molecule has 0 saturated carbocycles. The van der Waals surface area contributed by atoms with Crippen molar-refractivity contribution in [1.29, 1.82) is 5.26 Å². The molecule has 0 aromatic carbocycles. The molecule has 0 aliphatic heterocycles. The van der Waals surface area contributed by atoms with Crippen molar-refractivity contribution in [1.82, 2.24) is 14.8 Å². The third-order valence-corrected chi connectivity index (χ3v) is 9.10. The quantitative estimate of drug-likeness (QED) is 0.440. The minimum Gasteiger partial charge on any atom is -0.469 e. The molecular weight excluding hydrogens is 454 g/mol. The van der Waals surface area contributed by atoms with Gasteiger partial charge in [-0.05, 0) is 49.1 Å². The van der Waals surface area contributed by atoms with E-state index in [9.17, 15) is 10.1 Å². The fourth-order valence-corrected chi connectivity index (χ4v) is 6.34. The zero-order chi connectivity index (χ0) is 23.8. The molecule has 0 radical (unpaired) electrons. The largest absolute Gasteiger partial charge is 0.469 e. The lowest BCUT2D eigenvalue weighted by molar-refractivity contribution is -0.113. The summed E-state index contributed by atoms with van der Waals surface area (Å²) in [4.78, 5) is 14.0. The molecule has 9 heteroatoms. The van der Waals surface area contributed by atoms with Crippen LogP contribution in [-0.2, 0) is 24.7 Å². The monoisotopic (exact) mass is 483 g/mol. The lowest BCUT2D eigenvalue weighted by Crippen LogP contribution is -2.28. The Labute approximate surface area is 202 Å². The number of hydrogen-bond acceptors (Lipinski definition) is 7. The Morgan fingerprint density at radius 1 is 1.45 bits per heavy atom. The fourth-order valence-electron chi connectivity index (χ4n) is 4.33. The van der Waals surface area contributed by atoms with Crippen molar-refractivity contribution in [2.24, 2.45) is 18.4 Å². The van der Waals surface area contributed by atoms with Crippen molar-refractivity contribution in [3.63, 3.8) is 0 Å². The van der Waals surface area contributed by atoms with Crippen LogP contribution in [0.5, 0.6) is 0 Å². The molecule has 174 valence electrons. The minimum absolute atomic E-state index is 0.149. The van der Waals surface area contributed by atoms with Crippen LogP contribution in [0.25, 0.3) is 11.4 Å². The van der Waals surface area contributed by atoms with Gasteiger partial charge in [0, 0.05) is 11.9 Å². The number of carbonyl (C=O) groups excluding carboxylic acids is 1. The van der Waals surface area contributed by atoms with Gasteiger partial charge in [0.05, 0.1) is 23.1 Å². The van der Waals surface area contributed by atoms with E-state index in [1.807, 2.05) is 24.6 Å². The van der Waals surface area contributed by atoms with E-state index >= 15 is 0 Å². The van der Waals surface area contributed by atoms with Gasteiger partial charge >= 0.3 is 0 Å². The number of carbonyl (C=O) groups is 1. The van der Waals surface area contributed by atoms with Crippen molar-refractivity contribution in [2.75, 3.05) is 11.1 Å². The molecule has 0 bridgehead atoms. The predicted molar refractivity (Wildman–Crippen MR) is 131 cm³/mol. The van der Waals surface area contributed by atoms with Crippen LogP contribution in [0.2, 0.25) is 0 Å². The van der Waals surface area contributed by atoms with Gasteiger partial charge in [0.1, 0.15) is 16.8 Å². The highest BCUT2D eigenvalue weighted by atomic mass is 32.2. The lowest BCUT2D eigenvalue weighted by Gasteiger charge is -2.36. The van der Waals surface area contributed by atoms with Crippen molar-refractivity contribution < 1.29 is 9.21 Å². The van der Waals surface area contributed by atoms with E-state index in [0.717, 1.165) is 42.6 Å². The Balaban J connectivity index is 1.43. The number of anilines is 1. The van der Waals surface area contributed by atoms with Gasteiger partial charge in [-0.2, -0.15) is 5.26 Å². The van der Waals surface area contributed by atoms with Gasteiger partial charge in [0.15, 0.2) is 11.0 Å². The highest BCUT2D eigenvalue weighted by molar-refractivity contribution is 7.99. The van der Waals surface area contributed by atoms with Crippen molar-refractivity contribution >= 4 is 34.0 Å². The van der Waals surface area contributed by atoms with E-state index in [0.29, 0.717) is 27.5 Å². The highest BCUT2D eigenvalue weighted by Crippen LogP contribution is 2.45. The van der Waals surface area contributed by atoms with Gasteiger partial charge in [0.25, 0.3) is 0 Å². The number of nitrogens with zero attached hydrogens (tertiary/aromatic N) is 4. The smallest absolute Gasteiger partial charge is 0.235 e. The number of amides is 1. The molecule has 1 N–H and O–H groups in total. The van der Waals surface area contributed by atoms with Gasteiger partial charge in [0.2, 0.25) is 5.91 Å². The fraction of sp³-hybridized carbons (Fsp3) is 0.500. The van der Waals surface area contributed by atoms with Gasteiger partial charge < -0.3 is 14.3 Å². The Hall–Kier alpha value is -2.57. The van der Waals surface area contributed by atoms with Crippen molar-refractivity contribution in [3.8, 4) is 17.5 Å². The zero-order valence-corrected chi connectivity index (χ0v) is 21.3. The van der Waals surface area contributed by atoms with Crippen LogP contribution in [0.4, 0.5) is 5.00 Å². The van der Waals surface area contributed by atoms with E-state index in [4.69, 9.17) is 4.42 Å². The van der Waals surface area contributed by atoms with Crippen LogP contribution in [-0.4, -0.2) is 26.4 Å². The molecule has 33 heavy (non-hydrogen) atoms. The number of fused-ring (bicyclic) bond motifs is 1. The number of hydrogen-bond donors (Lipinski definition) is 1. The van der Waals surface area contributed by atoms with Crippen LogP contribution in [0.3, 0.4) is 0 Å². The first-order valence-corrected chi connectivity index (χ1v) is 13.0. The van der Waals surface area contributed by atoms with E-state index in [2.05, 4.69) is 42.4 Å². The van der Waals surface area contributed by atoms with Crippen LogP contribution in [0.1, 0.15) is 55.4 Å². The number of aryl methyl sites for hydroxylation is 1. The maximum absolute atomic E-state index is 12.7. The van der Waals surface area contributed by atoms with Crippen LogP contribution >= 0.6 is 23.1 Å². The molecule has 7 nitrogen and oxygen atoms in total. The molecule has 0 saturated heterocycles. The third kappa shape index (κ3) is 4.59. The Morgan fingerprint density at radius 2 is 2.24 bits per heavy atom. The van der Waals surface area contributed by atoms with Crippen molar-refractivity contribution in [2.45, 2.75) is 58.5 Å². The SMILES string of the molecule is CCC(C)(C)C1CCc2c(sc(NC(=O)CSc3nnc(-c4ccoc4C)n3C)c2C#N)C1. The Morgan fingerprint density at radius 3 is 2.91 bits per heavy atom. The Kier molecular flexibility index (Phi) is 6.68. The highest BCUT2D eigenvalue weighted by Gasteiger charge is 2.34. The van der Waals surface area contributed by atoms with Crippen LogP contribution in [0.15, 0.2) is 21.9 Å². The molecule has 1 aliphatic carbocycles. The van der Waals surface area contributed by atoms with E-state index < -0.39 is 0 Å². The number of rotatable bonds is 7. The summed E-state index contributed by atoms with van der Waals surface area (Å²) >= 11 is 2.89. The number of nitriles is 1. The number of furan rings is 1. The van der Waals surface area contributed by atoms with Gasteiger partial charge in [-0.1, -0.05) is 39.0 Å². The summed E-state index contributed by atoms with van der Waals surface area (Å²) in [5.41, 5.74) is 2.92. The maximum Gasteiger partial charge on any atom is 0.235 e. The number of thiophene rings is 1. The Bertz CT molecular complexity index is 1210. The predicted octanol–water partition coefficient (Wildman–Crippen LogP) is 5.59. The number of thioether (sulfide) groups is 1. The molecule has 3 aromatic rings. The standard InChI is InChI=1S/C24H29N5O2S2/c1-6-24(3,4)15-7-8-17-18(12-25)22(33-19(17)11-15)26-20(30)13-32-23-28-27-21(29(23)5)16-9-10-31-14(16)2/h9-10,15H,6-8,11,13H2,1-5H3,(H,26,30). The van der Waals surface area contributed by atoms with Gasteiger partial charge in [-0.15, -0.1) is 21.5 Å². The van der Waals surface area contributed by atoms with Gasteiger partial charge in [-0.25, -0.2) is 0 Å². The summed E-state index contributed by atoms with van der Waals surface area (Å²) in [5.74, 6) is 2.12. The normalized spacial score (nSPS) is 15.8. The number of aromatic nitrogens is 3. The van der Waals surface area contributed by atoms with Crippen LogP contribution in [0, 0.1) is 29.6 Å². The summed E-state index contributed by atoms with van der Waals surface area (Å²) in [6.45, 7) is 8.77. The first-order chi connectivity index (χ1) is 15.7. The molecule has 4 rings (SSSR count). The summed E-state index contributed by atoms with van der Waals surface area (Å²) in [5, 5.41) is 22.6.